The predicted octanol–water partition coefficient (Wildman–Crippen LogP) is 2.78. The zero-order chi connectivity index (χ0) is 9.90. The van der Waals surface area contributed by atoms with Crippen molar-refractivity contribution in [1.29, 1.82) is 0 Å². The van der Waals surface area contributed by atoms with E-state index in [1.54, 1.807) is 0 Å². The van der Waals surface area contributed by atoms with Crippen LogP contribution in [0.4, 0.5) is 0 Å². The third-order valence-corrected chi connectivity index (χ3v) is 2.75. The highest BCUT2D eigenvalue weighted by atomic mass is 28.4. The van der Waals surface area contributed by atoms with Gasteiger partial charge in [0.25, 0.3) is 0 Å². The molecule has 0 saturated heterocycles. The third-order valence-electron chi connectivity index (χ3n) is 1.74. The Balaban J connectivity index is 2.49. The lowest BCUT2D eigenvalue weighted by Crippen LogP contribution is -2.26. The number of allylic oxidation sites excluding steroid dienone is 3. The van der Waals surface area contributed by atoms with Crippen LogP contribution in [0.25, 0.3) is 0 Å². The van der Waals surface area contributed by atoms with E-state index >= 15 is 0 Å². The molecule has 0 amide bonds. The van der Waals surface area contributed by atoms with E-state index in [0.717, 1.165) is 17.4 Å². The van der Waals surface area contributed by atoms with Gasteiger partial charge in [-0.1, -0.05) is 18.2 Å². The highest BCUT2D eigenvalue weighted by molar-refractivity contribution is 6.69. The summed E-state index contributed by atoms with van der Waals surface area (Å²) in [6, 6.07) is 0. The molecule has 1 N–H and O–H groups in total. The lowest BCUT2D eigenvalue weighted by molar-refractivity contribution is 0.348. The van der Waals surface area contributed by atoms with Crippen molar-refractivity contribution in [3.05, 3.63) is 35.6 Å². The third kappa shape index (κ3) is 3.20. The normalized spacial score (nSPS) is 19.6. The van der Waals surface area contributed by atoms with E-state index < -0.39 is 8.32 Å². The maximum atomic E-state index is 8.87. The van der Waals surface area contributed by atoms with Crippen LogP contribution >= 0.6 is 0 Å². The van der Waals surface area contributed by atoms with Gasteiger partial charge in [0.05, 0.1) is 12.9 Å². The van der Waals surface area contributed by atoms with Gasteiger partial charge in [0, 0.05) is 5.57 Å². The molecule has 13 heavy (non-hydrogen) atoms. The largest absolute Gasteiger partial charge is 0.515 e. The number of aliphatic hydroxyl groups is 1. The Hall–Kier alpha value is -0.803. The van der Waals surface area contributed by atoms with E-state index in [1.165, 1.54) is 0 Å². The summed E-state index contributed by atoms with van der Waals surface area (Å²) in [6.45, 7) is 7.06. The summed E-state index contributed by atoms with van der Waals surface area (Å²) < 4.78 is 5.72. The molecule has 0 unspecified atom stereocenters. The summed E-state index contributed by atoms with van der Waals surface area (Å²) >= 11 is 0. The van der Waals surface area contributed by atoms with Crippen molar-refractivity contribution >= 4 is 8.32 Å². The second-order valence-electron chi connectivity index (χ2n) is 4.04. The molecule has 0 heterocycles. The molecule has 0 aromatic carbocycles. The second kappa shape index (κ2) is 3.94. The van der Waals surface area contributed by atoms with Crippen LogP contribution in [0, 0.1) is 0 Å². The molecule has 1 rings (SSSR count). The average molecular weight is 196 g/mol. The summed E-state index contributed by atoms with van der Waals surface area (Å²) in [5, 5.41) is 8.87. The monoisotopic (exact) mass is 196 g/mol. The Labute approximate surface area is 80.4 Å². The van der Waals surface area contributed by atoms with Crippen LogP contribution < -0.4 is 0 Å². The number of hydrogen-bond donors (Lipinski definition) is 1. The minimum atomic E-state index is -1.44. The molecule has 1 aliphatic rings. The lowest BCUT2D eigenvalue weighted by atomic mass is 10.2. The summed E-state index contributed by atoms with van der Waals surface area (Å²) in [5.74, 6) is 0. The second-order valence-corrected chi connectivity index (χ2v) is 8.55. The molecule has 0 aromatic heterocycles. The van der Waals surface area contributed by atoms with Gasteiger partial charge in [0.1, 0.15) is 0 Å². The van der Waals surface area contributed by atoms with Crippen LogP contribution in [0.15, 0.2) is 35.6 Å². The van der Waals surface area contributed by atoms with E-state index in [9.17, 15) is 0 Å². The summed E-state index contributed by atoms with van der Waals surface area (Å²) in [5.41, 5.74) is 1.92. The topological polar surface area (TPSA) is 29.5 Å². The summed E-state index contributed by atoms with van der Waals surface area (Å²) in [4.78, 5) is 0. The van der Waals surface area contributed by atoms with E-state index in [1.807, 2.05) is 18.2 Å². The van der Waals surface area contributed by atoms with Crippen LogP contribution in [0.5, 0.6) is 0 Å². The Morgan fingerprint density at radius 2 is 2.15 bits per heavy atom. The van der Waals surface area contributed by atoms with Crippen LogP contribution in [0.2, 0.25) is 19.6 Å². The van der Waals surface area contributed by atoms with Gasteiger partial charge in [-0.25, -0.2) is 0 Å². The van der Waals surface area contributed by atoms with Crippen molar-refractivity contribution in [2.45, 2.75) is 19.6 Å². The van der Waals surface area contributed by atoms with Gasteiger partial charge >= 0.3 is 0 Å². The van der Waals surface area contributed by atoms with Crippen molar-refractivity contribution < 1.29 is 9.53 Å². The first-order valence-corrected chi connectivity index (χ1v) is 7.80. The molecule has 0 saturated carbocycles. The van der Waals surface area contributed by atoms with Crippen molar-refractivity contribution in [2.75, 3.05) is 6.61 Å². The maximum absolute atomic E-state index is 8.87. The van der Waals surface area contributed by atoms with Gasteiger partial charge in [0.2, 0.25) is 0 Å². The maximum Gasteiger partial charge on any atom is 0.184 e. The van der Waals surface area contributed by atoms with E-state index in [-0.39, 0.29) is 0 Å². The van der Waals surface area contributed by atoms with Gasteiger partial charge < -0.3 is 9.53 Å². The SMILES string of the molecule is C[Si](C)(C)OCC1=CC=CC1=CO. The van der Waals surface area contributed by atoms with Gasteiger partial charge in [-0.2, -0.15) is 0 Å². The zero-order valence-corrected chi connectivity index (χ0v) is 9.37. The first kappa shape index (κ1) is 10.3. The molecule has 2 nitrogen and oxygen atoms in total. The number of aliphatic hydroxyl groups excluding tert-OH is 1. The Morgan fingerprint density at radius 3 is 2.69 bits per heavy atom. The lowest BCUT2D eigenvalue weighted by Gasteiger charge is -2.17. The van der Waals surface area contributed by atoms with Gasteiger partial charge in [-0.3, -0.25) is 0 Å². The van der Waals surface area contributed by atoms with Crippen molar-refractivity contribution in [3.8, 4) is 0 Å². The fraction of sp³-hybridized carbons (Fsp3) is 0.400. The molecule has 0 spiro atoms. The summed E-state index contributed by atoms with van der Waals surface area (Å²) in [7, 11) is -1.44. The van der Waals surface area contributed by atoms with Crippen LogP contribution in [0.1, 0.15) is 0 Å². The standard InChI is InChI=1S/C10H16O2Si/c1-13(2,3)12-8-10-6-4-5-9(10)7-11/h4-7,11H,8H2,1-3H3. The number of hydrogen-bond acceptors (Lipinski definition) is 2. The number of rotatable bonds is 3. The first-order chi connectivity index (χ1) is 6.03. The summed E-state index contributed by atoms with van der Waals surface area (Å²) in [6.07, 6.45) is 6.90. The van der Waals surface area contributed by atoms with E-state index in [4.69, 9.17) is 9.53 Å². The molecular formula is C10H16O2Si. The predicted molar refractivity (Wildman–Crippen MR) is 57.2 cm³/mol. The zero-order valence-electron chi connectivity index (χ0n) is 8.37. The fourth-order valence-corrected chi connectivity index (χ4v) is 1.61. The molecule has 0 bridgehead atoms. The van der Waals surface area contributed by atoms with Crippen LogP contribution in [-0.2, 0) is 4.43 Å². The average Bonchev–Trinajstić information content (AvgIpc) is 2.46. The molecular weight excluding hydrogens is 180 g/mol. The van der Waals surface area contributed by atoms with E-state index in [0.29, 0.717) is 6.61 Å². The minimum Gasteiger partial charge on any atom is -0.515 e. The smallest absolute Gasteiger partial charge is 0.184 e. The van der Waals surface area contributed by atoms with Gasteiger partial charge in [-0.15, -0.1) is 0 Å². The Kier molecular flexibility index (Phi) is 3.11. The van der Waals surface area contributed by atoms with Crippen LogP contribution in [0.3, 0.4) is 0 Å². The van der Waals surface area contributed by atoms with Gasteiger partial charge in [-0.05, 0) is 25.2 Å². The van der Waals surface area contributed by atoms with E-state index in [2.05, 4.69) is 19.6 Å². The van der Waals surface area contributed by atoms with Crippen molar-refractivity contribution in [2.24, 2.45) is 0 Å². The molecule has 0 radical (unpaired) electrons. The highest BCUT2D eigenvalue weighted by Crippen LogP contribution is 2.19. The molecule has 0 aliphatic heterocycles. The van der Waals surface area contributed by atoms with Crippen molar-refractivity contribution in [3.63, 3.8) is 0 Å². The van der Waals surface area contributed by atoms with Crippen molar-refractivity contribution in [1.82, 2.24) is 0 Å². The quantitative estimate of drug-likeness (QED) is 0.555. The van der Waals surface area contributed by atoms with Gasteiger partial charge in [0.15, 0.2) is 8.32 Å². The molecule has 72 valence electrons. The first-order valence-electron chi connectivity index (χ1n) is 4.39. The molecule has 3 heteroatoms. The molecule has 0 fully saturated rings. The molecule has 0 aromatic rings. The highest BCUT2D eigenvalue weighted by Gasteiger charge is 2.16. The minimum absolute atomic E-state index is 0.606. The Bertz CT molecular complexity index is 269. The fourth-order valence-electron chi connectivity index (χ4n) is 1.02. The molecule has 1 aliphatic carbocycles. The Morgan fingerprint density at radius 1 is 1.46 bits per heavy atom. The molecule has 0 atom stereocenters. The van der Waals surface area contributed by atoms with Crippen LogP contribution in [-0.4, -0.2) is 20.0 Å².